The summed E-state index contributed by atoms with van der Waals surface area (Å²) in [5.41, 5.74) is 1.55. The van der Waals surface area contributed by atoms with Gasteiger partial charge < -0.3 is 10.6 Å². The molecular weight excluding hydrogens is 342 g/mol. The summed E-state index contributed by atoms with van der Waals surface area (Å²) in [6.45, 7) is 1.90. The summed E-state index contributed by atoms with van der Waals surface area (Å²) >= 11 is 9.36. The van der Waals surface area contributed by atoms with E-state index in [1.165, 1.54) is 0 Å². The van der Waals surface area contributed by atoms with E-state index in [1.54, 1.807) is 24.5 Å². The van der Waals surface area contributed by atoms with Crippen LogP contribution in [0.15, 0.2) is 47.2 Å². The monoisotopic (exact) mass is 353 g/mol. The SMILES string of the molecule is CC(NC(=O)Nc1ccc(Br)cc1Cl)c1ccncc1. The van der Waals surface area contributed by atoms with Crippen molar-refractivity contribution in [3.05, 3.63) is 57.8 Å². The predicted molar refractivity (Wildman–Crippen MR) is 84.0 cm³/mol. The van der Waals surface area contributed by atoms with E-state index in [9.17, 15) is 4.79 Å². The number of hydrogen-bond donors (Lipinski definition) is 2. The number of hydrogen-bond acceptors (Lipinski definition) is 2. The van der Waals surface area contributed by atoms with Crippen molar-refractivity contribution < 1.29 is 4.79 Å². The minimum Gasteiger partial charge on any atom is -0.331 e. The van der Waals surface area contributed by atoms with Gasteiger partial charge in [0.2, 0.25) is 0 Å². The van der Waals surface area contributed by atoms with E-state index in [4.69, 9.17) is 11.6 Å². The van der Waals surface area contributed by atoms with Crippen molar-refractivity contribution in [1.29, 1.82) is 0 Å². The van der Waals surface area contributed by atoms with Gasteiger partial charge in [-0.25, -0.2) is 4.79 Å². The molecule has 0 fully saturated rings. The Bertz CT molecular complexity index is 607. The Morgan fingerprint density at radius 2 is 2.00 bits per heavy atom. The molecule has 0 bridgehead atoms. The van der Waals surface area contributed by atoms with E-state index < -0.39 is 0 Å². The van der Waals surface area contributed by atoms with Crippen LogP contribution >= 0.6 is 27.5 Å². The van der Waals surface area contributed by atoms with Gasteiger partial charge in [0.05, 0.1) is 16.8 Å². The number of nitrogens with one attached hydrogen (secondary N) is 2. The van der Waals surface area contributed by atoms with Crippen LogP contribution in [0, 0.1) is 0 Å². The molecule has 1 heterocycles. The quantitative estimate of drug-likeness (QED) is 0.859. The van der Waals surface area contributed by atoms with Gasteiger partial charge in [-0.15, -0.1) is 0 Å². The Kier molecular flexibility index (Phi) is 4.98. The molecule has 0 saturated heterocycles. The number of aromatic nitrogens is 1. The van der Waals surface area contributed by atoms with Crippen molar-refractivity contribution >= 4 is 39.2 Å². The Morgan fingerprint density at radius 1 is 1.30 bits per heavy atom. The maximum Gasteiger partial charge on any atom is 0.319 e. The van der Waals surface area contributed by atoms with E-state index in [0.29, 0.717) is 10.7 Å². The lowest BCUT2D eigenvalue weighted by molar-refractivity contribution is 0.249. The second-order valence-electron chi connectivity index (χ2n) is 4.22. The molecule has 1 atom stereocenters. The summed E-state index contributed by atoms with van der Waals surface area (Å²) in [6, 6.07) is 8.57. The number of benzene rings is 1. The average Bonchev–Trinajstić information content (AvgIpc) is 2.43. The summed E-state index contributed by atoms with van der Waals surface area (Å²) in [4.78, 5) is 15.9. The fourth-order valence-electron chi connectivity index (χ4n) is 1.68. The molecule has 1 aromatic heterocycles. The highest BCUT2D eigenvalue weighted by Gasteiger charge is 2.10. The molecule has 0 radical (unpaired) electrons. The number of amides is 2. The van der Waals surface area contributed by atoms with Crippen LogP contribution in [-0.4, -0.2) is 11.0 Å². The van der Waals surface area contributed by atoms with Crippen LogP contribution in [0.25, 0.3) is 0 Å². The van der Waals surface area contributed by atoms with Gasteiger partial charge in [-0.05, 0) is 42.8 Å². The van der Waals surface area contributed by atoms with Crippen molar-refractivity contribution in [2.24, 2.45) is 0 Å². The molecule has 20 heavy (non-hydrogen) atoms. The first-order valence-corrected chi connectivity index (χ1v) is 7.16. The molecule has 1 aromatic carbocycles. The third kappa shape index (κ3) is 3.95. The summed E-state index contributed by atoms with van der Waals surface area (Å²) in [5.74, 6) is 0. The fraction of sp³-hybridized carbons (Fsp3) is 0.143. The van der Waals surface area contributed by atoms with Crippen LogP contribution in [0.4, 0.5) is 10.5 Å². The van der Waals surface area contributed by atoms with Gasteiger partial charge in [-0.2, -0.15) is 0 Å². The number of carbonyl (C=O) groups is 1. The molecule has 1 unspecified atom stereocenters. The van der Waals surface area contributed by atoms with Crippen LogP contribution in [0.5, 0.6) is 0 Å². The lowest BCUT2D eigenvalue weighted by atomic mass is 10.1. The zero-order valence-electron chi connectivity index (χ0n) is 10.7. The van der Waals surface area contributed by atoms with Crippen molar-refractivity contribution in [2.45, 2.75) is 13.0 Å². The van der Waals surface area contributed by atoms with E-state index in [-0.39, 0.29) is 12.1 Å². The highest BCUT2D eigenvalue weighted by Crippen LogP contribution is 2.25. The summed E-state index contributed by atoms with van der Waals surface area (Å²) in [6.07, 6.45) is 3.38. The molecule has 2 aromatic rings. The number of carbonyl (C=O) groups excluding carboxylic acids is 1. The molecule has 2 amide bonds. The van der Waals surface area contributed by atoms with E-state index in [2.05, 4.69) is 31.5 Å². The molecule has 6 heteroatoms. The number of rotatable bonds is 3. The number of anilines is 1. The maximum atomic E-state index is 11.9. The Hall–Kier alpha value is -1.59. The van der Waals surface area contributed by atoms with Crippen LogP contribution in [-0.2, 0) is 0 Å². The van der Waals surface area contributed by atoms with Gasteiger partial charge in [0, 0.05) is 16.9 Å². The Morgan fingerprint density at radius 3 is 2.65 bits per heavy atom. The molecule has 2 N–H and O–H groups in total. The van der Waals surface area contributed by atoms with Gasteiger partial charge >= 0.3 is 6.03 Å². The molecular formula is C14H13BrClN3O. The van der Waals surface area contributed by atoms with Crippen LogP contribution < -0.4 is 10.6 Å². The predicted octanol–water partition coefficient (Wildman–Crippen LogP) is 4.38. The van der Waals surface area contributed by atoms with Crippen molar-refractivity contribution in [1.82, 2.24) is 10.3 Å². The Labute approximate surface area is 130 Å². The summed E-state index contributed by atoms with van der Waals surface area (Å²) < 4.78 is 0.860. The third-order valence-electron chi connectivity index (χ3n) is 2.73. The highest BCUT2D eigenvalue weighted by atomic mass is 79.9. The molecule has 0 aliphatic heterocycles. The molecule has 0 saturated carbocycles. The lowest BCUT2D eigenvalue weighted by Gasteiger charge is -2.15. The molecule has 104 valence electrons. The Balaban J connectivity index is 1.99. The van der Waals surface area contributed by atoms with Crippen molar-refractivity contribution in [2.75, 3.05) is 5.32 Å². The fourth-order valence-corrected chi connectivity index (χ4v) is 2.40. The molecule has 2 rings (SSSR count). The lowest BCUT2D eigenvalue weighted by Crippen LogP contribution is -2.31. The summed E-state index contributed by atoms with van der Waals surface area (Å²) in [7, 11) is 0. The molecule has 0 aliphatic carbocycles. The van der Waals surface area contributed by atoms with Crippen LogP contribution in [0.1, 0.15) is 18.5 Å². The first kappa shape index (κ1) is 14.8. The van der Waals surface area contributed by atoms with E-state index in [1.807, 2.05) is 25.1 Å². The minimum atomic E-state index is -0.307. The maximum absolute atomic E-state index is 11.9. The first-order valence-electron chi connectivity index (χ1n) is 5.99. The zero-order chi connectivity index (χ0) is 14.5. The topological polar surface area (TPSA) is 54.0 Å². The molecule has 0 aliphatic rings. The first-order chi connectivity index (χ1) is 9.56. The third-order valence-corrected chi connectivity index (χ3v) is 3.54. The van der Waals surface area contributed by atoms with Gasteiger partial charge in [-0.1, -0.05) is 27.5 Å². The van der Waals surface area contributed by atoms with Gasteiger partial charge in [0.25, 0.3) is 0 Å². The number of halogens is 2. The smallest absolute Gasteiger partial charge is 0.319 e. The van der Waals surface area contributed by atoms with Gasteiger partial charge in [0.1, 0.15) is 0 Å². The van der Waals surface area contributed by atoms with Crippen LogP contribution in [0.3, 0.4) is 0 Å². The van der Waals surface area contributed by atoms with Gasteiger partial charge in [0.15, 0.2) is 0 Å². The van der Waals surface area contributed by atoms with E-state index in [0.717, 1.165) is 10.0 Å². The second kappa shape index (κ2) is 6.72. The van der Waals surface area contributed by atoms with Gasteiger partial charge in [-0.3, -0.25) is 4.98 Å². The molecule has 0 spiro atoms. The normalized spacial score (nSPS) is 11.8. The average molecular weight is 355 g/mol. The number of pyridine rings is 1. The minimum absolute atomic E-state index is 0.118. The molecule has 4 nitrogen and oxygen atoms in total. The van der Waals surface area contributed by atoms with Crippen LogP contribution in [0.2, 0.25) is 5.02 Å². The zero-order valence-corrected chi connectivity index (χ0v) is 13.1. The standard InChI is InChI=1S/C14H13BrClN3O/c1-9(10-4-6-17-7-5-10)18-14(20)19-13-3-2-11(15)8-12(13)16/h2-9H,1H3,(H2,18,19,20). The highest BCUT2D eigenvalue weighted by molar-refractivity contribution is 9.10. The van der Waals surface area contributed by atoms with Crippen molar-refractivity contribution in [3.8, 4) is 0 Å². The van der Waals surface area contributed by atoms with Crippen molar-refractivity contribution in [3.63, 3.8) is 0 Å². The largest absolute Gasteiger partial charge is 0.331 e. The number of nitrogens with zero attached hydrogens (tertiary/aromatic N) is 1. The summed E-state index contributed by atoms with van der Waals surface area (Å²) in [5, 5.41) is 6.04. The van der Waals surface area contributed by atoms with E-state index >= 15 is 0 Å². The number of urea groups is 1. The second-order valence-corrected chi connectivity index (χ2v) is 5.55.